The van der Waals surface area contributed by atoms with Gasteiger partial charge in [-0.1, -0.05) is 65.0 Å². The van der Waals surface area contributed by atoms with E-state index in [1.165, 1.54) is 19.3 Å². The molecule has 2 heterocycles. The lowest BCUT2D eigenvalue weighted by Crippen LogP contribution is -2.65. The zero-order chi connectivity index (χ0) is 24.7. The lowest BCUT2D eigenvalue weighted by molar-refractivity contribution is -0.127. The zero-order valence-electron chi connectivity index (χ0n) is 21.7. The fourth-order valence-electron chi connectivity index (χ4n) is 5.24. The summed E-state index contributed by atoms with van der Waals surface area (Å²) in [6, 6.07) is 8.01. The van der Waals surface area contributed by atoms with E-state index in [0.29, 0.717) is 12.2 Å². The van der Waals surface area contributed by atoms with E-state index in [-0.39, 0.29) is 23.3 Å². The lowest BCUT2D eigenvalue weighted by Gasteiger charge is -2.44. The van der Waals surface area contributed by atoms with E-state index in [1.807, 2.05) is 45.0 Å². The van der Waals surface area contributed by atoms with Gasteiger partial charge < -0.3 is 5.32 Å². The van der Waals surface area contributed by atoms with Crippen LogP contribution in [0, 0.1) is 13.8 Å². The molecule has 6 nitrogen and oxygen atoms in total. The van der Waals surface area contributed by atoms with Crippen molar-refractivity contribution in [1.29, 1.82) is 0 Å². The number of hydrogen-bond donors (Lipinski definition) is 1. The molecule has 184 valence electrons. The van der Waals surface area contributed by atoms with Gasteiger partial charge in [-0.15, -0.1) is 0 Å². The molecule has 0 radical (unpaired) electrons. The molecule has 4 rings (SSSR count). The molecule has 0 saturated heterocycles. The monoisotopic (exact) mass is 464 g/mol. The molecular weight excluding hydrogens is 424 g/mol. The van der Waals surface area contributed by atoms with Crippen molar-refractivity contribution in [2.24, 2.45) is 0 Å². The summed E-state index contributed by atoms with van der Waals surface area (Å²) in [5, 5.41) is 8.13. The van der Waals surface area contributed by atoms with Crippen molar-refractivity contribution >= 4 is 17.5 Å². The molecule has 6 heteroatoms. The summed E-state index contributed by atoms with van der Waals surface area (Å²) < 4.78 is 1.75. The Morgan fingerprint density at radius 2 is 1.74 bits per heavy atom. The van der Waals surface area contributed by atoms with E-state index in [0.717, 1.165) is 48.2 Å². The number of aromatic nitrogens is 2. The maximum Gasteiger partial charge on any atom is 0.277 e. The van der Waals surface area contributed by atoms with E-state index >= 15 is 0 Å². The molecule has 1 aliphatic carbocycles. The number of aryl methyl sites for hydroxylation is 1. The van der Waals surface area contributed by atoms with Gasteiger partial charge >= 0.3 is 0 Å². The van der Waals surface area contributed by atoms with Gasteiger partial charge in [0.25, 0.3) is 5.91 Å². The molecular formula is C28H40N4O2. The van der Waals surface area contributed by atoms with Gasteiger partial charge in [0.2, 0.25) is 5.91 Å². The number of carbonyl (C=O) groups is 2. The first-order chi connectivity index (χ1) is 16.0. The number of rotatable bonds is 3. The van der Waals surface area contributed by atoms with Gasteiger partial charge in [0.15, 0.2) is 0 Å². The quantitative estimate of drug-likeness (QED) is 0.657. The number of carbonyl (C=O) groups excluding carboxylic acids is 2. The van der Waals surface area contributed by atoms with E-state index < -0.39 is 5.54 Å². The number of fused-ring (bicyclic) bond motifs is 1. The molecule has 0 unspecified atom stereocenters. The fraction of sp³-hybridized carbons (Fsp3) is 0.607. The number of anilines is 1. The third kappa shape index (κ3) is 4.51. The van der Waals surface area contributed by atoms with Crippen LogP contribution in [0.2, 0.25) is 0 Å². The second kappa shape index (κ2) is 9.20. The minimum atomic E-state index is -1.08. The molecule has 1 saturated carbocycles. The highest BCUT2D eigenvalue weighted by Gasteiger charge is 2.50. The van der Waals surface area contributed by atoms with Crippen LogP contribution in [0.4, 0.5) is 5.69 Å². The lowest BCUT2D eigenvalue weighted by atomic mass is 9.90. The standard InChI is InChI=1S/C28H40N4O2/c1-19-13-12-16-22(20(19)2)32-25(33)23-17-24(27(3,4)5)30-31(23)18-28(32,6)26(34)29-21-14-10-8-7-9-11-15-21/h12-13,16-17,21H,7-11,14-15,18H2,1-6H3,(H,29,34)/t28-/m0/s1. The Kier molecular flexibility index (Phi) is 6.63. The molecule has 34 heavy (non-hydrogen) atoms. The van der Waals surface area contributed by atoms with E-state index in [9.17, 15) is 9.59 Å². The maximum atomic E-state index is 14.0. The van der Waals surface area contributed by atoms with Crippen LogP contribution in [-0.4, -0.2) is 33.2 Å². The molecule has 0 spiro atoms. The first-order valence-corrected chi connectivity index (χ1v) is 12.8. The summed E-state index contributed by atoms with van der Waals surface area (Å²) in [5.41, 5.74) is 3.05. The summed E-state index contributed by atoms with van der Waals surface area (Å²) >= 11 is 0. The predicted octanol–water partition coefficient (Wildman–Crippen LogP) is 5.45. The average Bonchev–Trinajstić information content (AvgIpc) is 3.17. The molecule has 2 aliphatic rings. The summed E-state index contributed by atoms with van der Waals surface area (Å²) in [6.07, 6.45) is 8.01. The van der Waals surface area contributed by atoms with Gasteiger partial charge in [-0.25, -0.2) is 0 Å². The molecule has 1 aromatic carbocycles. The van der Waals surface area contributed by atoms with Crippen LogP contribution in [0.1, 0.15) is 99.9 Å². The normalized spacial score (nSPS) is 22.2. The van der Waals surface area contributed by atoms with Crippen molar-refractivity contribution in [1.82, 2.24) is 15.1 Å². The van der Waals surface area contributed by atoms with Crippen LogP contribution < -0.4 is 10.2 Å². The van der Waals surface area contributed by atoms with Gasteiger partial charge in [-0.05, 0) is 56.9 Å². The first kappa shape index (κ1) is 24.5. The number of hydrogen-bond acceptors (Lipinski definition) is 3. The Hall–Kier alpha value is -2.63. The highest BCUT2D eigenvalue weighted by atomic mass is 16.2. The molecule has 1 fully saturated rings. The van der Waals surface area contributed by atoms with Gasteiger partial charge in [0.05, 0.1) is 12.2 Å². The predicted molar refractivity (Wildman–Crippen MR) is 136 cm³/mol. The SMILES string of the molecule is Cc1cccc(N2C(=O)c3cc(C(C)(C)C)nn3C[C@@]2(C)C(=O)NC2CCCCCCC2)c1C. The molecule has 2 amide bonds. The van der Waals surface area contributed by atoms with Gasteiger partial charge in [0.1, 0.15) is 11.2 Å². The van der Waals surface area contributed by atoms with Crippen LogP contribution in [0.5, 0.6) is 0 Å². The summed E-state index contributed by atoms with van der Waals surface area (Å²) in [4.78, 5) is 29.7. The van der Waals surface area contributed by atoms with Gasteiger partial charge in [0, 0.05) is 17.1 Å². The van der Waals surface area contributed by atoms with Crippen LogP contribution in [0.25, 0.3) is 0 Å². The summed E-state index contributed by atoms with van der Waals surface area (Å²) in [6.45, 7) is 12.6. The van der Waals surface area contributed by atoms with E-state index in [4.69, 9.17) is 5.10 Å². The molecule has 0 bridgehead atoms. The van der Waals surface area contributed by atoms with Gasteiger partial charge in [-0.2, -0.15) is 5.10 Å². The second-order valence-corrected chi connectivity index (χ2v) is 11.5. The Morgan fingerprint density at radius 3 is 2.38 bits per heavy atom. The van der Waals surface area contributed by atoms with Crippen molar-refractivity contribution in [2.45, 2.75) is 110 Å². The summed E-state index contributed by atoms with van der Waals surface area (Å²) in [7, 11) is 0. The first-order valence-electron chi connectivity index (χ1n) is 12.8. The number of amides is 2. The van der Waals surface area contributed by atoms with Crippen molar-refractivity contribution in [3.63, 3.8) is 0 Å². The third-order valence-corrected chi connectivity index (χ3v) is 7.67. The molecule has 1 aromatic heterocycles. The van der Waals surface area contributed by atoms with Crippen molar-refractivity contribution in [3.05, 3.63) is 46.8 Å². The fourth-order valence-corrected chi connectivity index (χ4v) is 5.24. The molecule has 1 aliphatic heterocycles. The number of nitrogens with one attached hydrogen (secondary N) is 1. The van der Waals surface area contributed by atoms with Crippen molar-refractivity contribution in [3.8, 4) is 0 Å². The Balaban J connectivity index is 1.77. The zero-order valence-corrected chi connectivity index (χ0v) is 21.7. The van der Waals surface area contributed by atoms with Crippen molar-refractivity contribution in [2.75, 3.05) is 4.90 Å². The Bertz CT molecular complexity index is 1070. The topological polar surface area (TPSA) is 67.2 Å². The highest BCUT2D eigenvalue weighted by molar-refractivity contribution is 6.12. The number of nitrogens with zero attached hydrogens (tertiary/aromatic N) is 3. The van der Waals surface area contributed by atoms with Crippen LogP contribution in [-0.2, 0) is 16.8 Å². The van der Waals surface area contributed by atoms with Crippen LogP contribution in [0.15, 0.2) is 24.3 Å². The van der Waals surface area contributed by atoms with E-state index in [2.05, 4.69) is 26.1 Å². The molecule has 1 atom stereocenters. The Labute approximate surface area is 204 Å². The van der Waals surface area contributed by atoms with Crippen molar-refractivity contribution < 1.29 is 9.59 Å². The summed E-state index contributed by atoms with van der Waals surface area (Å²) in [5.74, 6) is -0.260. The second-order valence-electron chi connectivity index (χ2n) is 11.5. The van der Waals surface area contributed by atoms with E-state index in [1.54, 1.807) is 9.58 Å². The van der Waals surface area contributed by atoms with Crippen LogP contribution >= 0.6 is 0 Å². The molecule has 1 N–H and O–H groups in total. The highest BCUT2D eigenvalue weighted by Crippen LogP contribution is 2.37. The smallest absolute Gasteiger partial charge is 0.277 e. The number of benzene rings is 1. The average molecular weight is 465 g/mol. The van der Waals surface area contributed by atoms with Gasteiger partial charge in [-0.3, -0.25) is 19.2 Å². The third-order valence-electron chi connectivity index (χ3n) is 7.67. The molecule has 2 aromatic rings. The minimum Gasteiger partial charge on any atom is -0.351 e. The maximum absolute atomic E-state index is 14.0. The van der Waals surface area contributed by atoms with Crippen LogP contribution in [0.3, 0.4) is 0 Å². The Morgan fingerprint density at radius 1 is 1.09 bits per heavy atom. The largest absolute Gasteiger partial charge is 0.351 e. The minimum absolute atomic E-state index is 0.0919.